The van der Waals surface area contributed by atoms with Gasteiger partial charge in [-0.25, -0.2) is 4.79 Å². The minimum absolute atomic E-state index is 0.245. The van der Waals surface area contributed by atoms with Crippen molar-refractivity contribution in [3.63, 3.8) is 0 Å². The van der Waals surface area contributed by atoms with Gasteiger partial charge in [-0.2, -0.15) is 8.42 Å². The average Bonchev–Trinajstić information content (AvgIpc) is 2.62. The Kier molecular flexibility index (Phi) is 10.1. The van der Waals surface area contributed by atoms with Crippen molar-refractivity contribution >= 4 is 22.1 Å². The van der Waals surface area contributed by atoms with Crippen LogP contribution < -0.4 is 15.4 Å². The molecule has 1 aromatic carbocycles. The van der Waals surface area contributed by atoms with Crippen molar-refractivity contribution in [2.45, 2.75) is 58.1 Å². The predicted molar refractivity (Wildman–Crippen MR) is 113 cm³/mol. The number of alkyl carbamates (subject to hydrolysis) is 1. The number of likely N-dealkylation sites (N-methyl/N-ethyl adjacent to an activating group) is 1. The van der Waals surface area contributed by atoms with E-state index in [0.717, 1.165) is 5.56 Å². The van der Waals surface area contributed by atoms with E-state index in [1.807, 2.05) is 0 Å². The highest BCUT2D eigenvalue weighted by Gasteiger charge is 2.24. The normalized spacial score (nSPS) is 12.7. The summed E-state index contributed by atoms with van der Waals surface area (Å²) in [7, 11) is -2.41. The second kappa shape index (κ2) is 11.8. The molecule has 0 aromatic heterocycles. The van der Waals surface area contributed by atoms with Crippen LogP contribution in [0.4, 0.5) is 4.79 Å². The molecule has 2 amide bonds. The van der Waals surface area contributed by atoms with Crippen LogP contribution in [0.15, 0.2) is 24.3 Å². The molecule has 0 fully saturated rings. The van der Waals surface area contributed by atoms with Crippen LogP contribution in [-0.4, -0.2) is 56.0 Å². The van der Waals surface area contributed by atoms with E-state index in [2.05, 4.69) is 10.6 Å². The van der Waals surface area contributed by atoms with Crippen LogP contribution in [0.25, 0.3) is 0 Å². The highest BCUT2D eigenvalue weighted by Crippen LogP contribution is 2.15. The summed E-state index contributed by atoms with van der Waals surface area (Å²) in [4.78, 5) is 24.1. The van der Waals surface area contributed by atoms with Crippen LogP contribution in [0.2, 0.25) is 0 Å². The molecule has 1 aromatic rings. The van der Waals surface area contributed by atoms with E-state index in [1.165, 1.54) is 7.05 Å². The summed E-state index contributed by atoms with van der Waals surface area (Å²) in [6, 6.07) is 6.37. The first-order valence-corrected chi connectivity index (χ1v) is 11.4. The molecule has 0 aliphatic heterocycles. The number of nitrogens with one attached hydrogen (secondary N) is 2. The number of carbonyl (C=O) groups is 2. The van der Waals surface area contributed by atoms with Gasteiger partial charge in [0.1, 0.15) is 17.4 Å². The van der Waals surface area contributed by atoms with E-state index < -0.39 is 27.9 Å². The van der Waals surface area contributed by atoms with Gasteiger partial charge in [-0.15, -0.1) is 0 Å². The van der Waals surface area contributed by atoms with Crippen LogP contribution in [0, 0.1) is 0 Å². The molecule has 0 unspecified atom stereocenters. The molecule has 1 rings (SSSR count). The SMILES string of the molecule is CNC(=O)[C@H](Cc1ccc(OCCCCCS(=O)(=O)O)cc1)NC(=O)OC(C)(C)C. The van der Waals surface area contributed by atoms with Crippen molar-refractivity contribution < 1.29 is 32.0 Å². The van der Waals surface area contributed by atoms with Crippen LogP contribution in [0.3, 0.4) is 0 Å². The largest absolute Gasteiger partial charge is 0.494 e. The molecule has 9 nitrogen and oxygen atoms in total. The molecule has 3 N–H and O–H groups in total. The Morgan fingerprint density at radius 2 is 1.73 bits per heavy atom. The van der Waals surface area contributed by atoms with E-state index in [9.17, 15) is 18.0 Å². The molecule has 0 aliphatic rings. The first-order valence-electron chi connectivity index (χ1n) is 9.77. The van der Waals surface area contributed by atoms with Gasteiger partial charge in [0.05, 0.1) is 12.4 Å². The van der Waals surface area contributed by atoms with Crippen LogP contribution >= 0.6 is 0 Å². The minimum atomic E-state index is -3.91. The van der Waals surface area contributed by atoms with Gasteiger partial charge in [-0.3, -0.25) is 9.35 Å². The van der Waals surface area contributed by atoms with Crippen molar-refractivity contribution in [2.24, 2.45) is 0 Å². The Bertz CT molecular complexity index is 786. The van der Waals surface area contributed by atoms with Crippen LogP contribution in [0.1, 0.15) is 45.6 Å². The van der Waals surface area contributed by atoms with Crippen molar-refractivity contribution in [1.29, 1.82) is 0 Å². The number of ether oxygens (including phenoxy) is 2. The Morgan fingerprint density at radius 1 is 1.10 bits per heavy atom. The lowest BCUT2D eigenvalue weighted by Crippen LogP contribution is -2.48. The quantitative estimate of drug-likeness (QED) is 0.352. The van der Waals surface area contributed by atoms with E-state index in [1.54, 1.807) is 45.0 Å². The molecule has 0 bridgehead atoms. The molecule has 0 saturated heterocycles. The molecule has 0 heterocycles. The van der Waals surface area contributed by atoms with Crippen molar-refractivity contribution in [3.8, 4) is 5.75 Å². The number of benzene rings is 1. The summed E-state index contributed by atoms with van der Waals surface area (Å²) >= 11 is 0. The van der Waals surface area contributed by atoms with E-state index >= 15 is 0 Å². The number of unbranched alkanes of at least 4 members (excludes halogenated alkanes) is 2. The summed E-state index contributed by atoms with van der Waals surface area (Å²) < 4.78 is 40.8. The molecule has 1 atom stereocenters. The van der Waals surface area contributed by atoms with E-state index in [-0.39, 0.29) is 18.1 Å². The topological polar surface area (TPSA) is 131 Å². The minimum Gasteiger partial charge on any atom is -0.494 e. The fourth-order valence-corrected chi connectivity index (χ4v) is 3.11. The Balaban J connectivity index is 2.52. The van der Waals surface area contributed by atoms with Crippen molar-refractivity contribution in [1.82, 2.24) is 10.6 Å². The average molecular weight is 445 g/mol. The summed E-state index contributed by atoms with van der Waals surface area (Å²) in [5.74, 6) is 0.0714. The number of amides is 2. The van der Waals surface area contributed by atoms with E-state index in [4.69, 9.17) is 14.0 Å². The second-order valence-electron chi connectivity index (χ2n) is 7.86. The van der Waals surface area contributed by atoms with Gasteiger partial charge >= 0.3 is 6.09 Å². The molecular weight excluding hydrogens is 412 g/mol. The smallest absolute Gasteiger partial charge is 0.408 e. The van der Waals surface area contributed by atoms with Crippen molar-refractivity contribution in [2.75, 3.05) is 19.4 Å². The molecule has 0 spiro atoms. The zero-order chi connectivity index (χ0) is 22.8. The van der Waals surface area contributed by atoms with Gasteiger partial charge in [0.25, 0.3) is 10.1 Å². The third-order valence-corrected chi connectivity index (χ3v) is 4.74. The number of carbonyl (C=O) groups excluding carboxylic acids is 2. The van der Waals surface area contributed by atoms with Gasteiger partial charge in [-0.05, 0) is 57.7 Å². The molecule has 0 radical (unpaired) electrons. The highest BCUT2D eigenvalue weighted by molar-refractivity contribution is 7.85. The number of rotatable bonds is 11. The molecule has 30 heavy (non-hydrogen) atoms. The standard InChI is InChI=1S/C20H32N2O7S/c1-20(2,3)29-19(24)22-17(18(23)21-4)14-15-8-10-16(11-9-15)28-12-6-5-7-13-30(25,26)27/h8-11,17H,5-7,12-14H2,1-4H3,(H,21,23)(H,22,24)(H,25,26,27)/t17-/m0/s1. The number of hydrogen-bond acceptors (Lipinski definition) is 6. The third-order valence-electron chi connectivity index (χ3n) is 3.93. The maximum Gasteiger partial charge on any atom is 0.408 e. The summed E-state index contributed by atoms with van der Waals surface area (Å²) in [6.07, 6.45) is 1.30. The Labute approximate surface area is 178 Å². The molecule has 0 saturated carbocycles. The lowest BCUT2D eigenvalue weighted by Gasteiger charge is -2.23. The van der Waals surface area contributed by atoms with Gasteiger partial charge in [-0.1, -0.05) is 12.1 Å². The highest BCUT2D eigenvalue weighted by atomic mass is 32.2. The van der Waals surface area contributed by atoms with Gasteiger partial charge in [0, 0.05) is 13.5 Å². The number of hydrogen-bond donors (Lipinski definition) is 3. The van der Waals surface area contributed by atoms with Gasteiger partial charge < -0.3 is 20.1 Å². The van der Waals surface area contributed by atoms with Crippen LogP contribution in [0.5, 0.6) is 5.75 Å². The lowest BCUT2D eigenvalue weighted by molar-refractivity contribution is -0.122. The second-order valence-corrected chi connectivity index (χ2v) is 9.43. The van der Waals surface area contributed by atoms with Gasteiger partial charge in [0.15, 0.2) is 0 Å². The van der Waals surface area contributed by atoms with E-state index in [0.29, 0.717) is 31.6 Å². The first kappa shape index (κ1) is 25.7. The fraction of sp³-hybridized carbons (Fsp3) is 0.600. The Morgan fingerprint density at radius 3 is 2.27 bits per heavy atom. The first-order chi connectivity index (χ1) is 13.9. The molecule has 170 valence electrons. The maximum absolute atomic E-state index is 12.1. The summed E-state index contributed by atoms with van der Waals surface area (Å²) in [5, 5.41) is 5.12. The lowest BCUT2D eigenvalue weighted by atomic mass is 10.1. The molecular formula is C20H32N2O7S. The molecule has 10 heteroatoms. The van der Waals surface area contributed by atoms with Crippen molar-refractivity contribution in [3.05, 3.63) is 29.8 Å². The predicted octanol–water partition coefficient (Wildman–Crippen LogP) is 2.31. The zero-order valence-electron chi connectivity index (χ0n) is 17.9. The fourth-order valence-electron chi connectivity index (χ4n) is 2.54. The monoisotopic (exact) mass is 444 g/mol. The Hall–Kier alpha value is -2.33. The zero-order valence-corrected chi connectivity index (χ0v) is 18.8. The molecule has 0 aliphatic carbocycles. The van der Waals surface area contributed by atoms with Crippen LogP contribution in [-0.2, 0) is 26.1 Å². The van der Waals surface area contributed by atoms with Gasteiger partial charge in [0.2, 0.25) is 5.91 Å². The third kappa shape index (κ3) is 11.6. The summed E-state index contributed by atoms with van der Waals surface area (Å²) in [6.45, 7) is 5.66. The maximum atomic E-state index is 12.1. The summed E-state index contributed by atoms with van der Waals surface area (Å²) in [5.41, 5.74) is 0.169.